The minimum atomic E-state index is -0.935. The zero-order chi connectivity index (χ0) is 14.9. The van der Waals surface area contributed by atoms with Crippen molar-refractivity contribution in [1.29, 1.82) is 0 Å². The number of ketones is 1. The van der Waals surface area contributed by atoms with E-state index in [0.717, 1.165) is 0 Å². The molecule has 0 bridgehead atoms. The summed E-state index contributed by atoms with van der Waals surface area (Å²) in [6.45, 7) is 3.39. The van der Waals surface area contributed by atoms with Gasteiger partial charge in [0.25, 0.3) is 0 Å². The van der Waals surface area contributed by atoms with Gasteiger partial charge in [0.2, 0.25) is 0 Å². The zero-order valence-electron chi connectivity index (χ0n) is 11.1. The van der Waals surface area contributed by atoms with E-state index in [2.05, 4.69) is 15.9 Å². The maximum Gasteiger partial charge on any atom is 0.175 e. The number of Topliss-reactive ketones (excluding diaryl/α,β-unsaturated/α-hetero) is 1. The summed E-state index contributed by atoms with van der Waals surface area (Å²) in [5.41, 5.74) is -0.271. The minimum absolute atomic E-state index is 0.0219. The Morgan fingerprint density at radius 2 is 1.65 bits per heavy atom. The second-order valence-corrected chi connectivity index (χ2v) is 6.00. The molecule has 0 amide bonds. The first-order valence-electron chi connectivity index (χ1n) is 6.08. The van der Waals surface area contributed by atoms with Gasteiger partial charge in [-0.2, -0.15) is 0 Å². The van der Waals surface area contributed by atoms with Crippen molar-refractivity contribution < 1.29 is 13.6 Å². The van der Waals surface area contributed by atoms with Gasteiger partial charge in [0, 0.05) is 4.47 Å². The average Bonchev–Trinajstić information content (AvgIpc) is 2.41. The molecule has 0 radical (unpaired) electrons. The van der Waals surface area contributed by atoms with Crippen molar-refractivity contribution in [3.8, 4) is 0 Å². The number of carbonyl (C=O) groups is 1. The SMILES string of the molecule is CC(C)(C(=O)c1cc(Br)ccc1F)c1ccc(F)cc1. The molecule has 0 aliphatic heterocycles. The Hall–Kier alpha value is -1.55. The molecule has 1 nitrogen and oxygen atoms in total. The van der Waals surface area contributed by atoms with E-state index < -0.39 is 11.2 Å². The summed E-state index contributed by atoms with van der Waals surface area (Å²) in [5.74, 6) is -1.28. The summed E-state index contributed by atoms with van der Waals surface area (Å²) >= 11 is 3.23. The molecule has 2 rings (SSSR count). The first kappa shape index (κ1) is 14.9. The molecule has 104 valence electrons. The molecule has 0 aliphatic carbocycles. The van der Waals surface area contributed by atoms with Crippen molar-refractivity contribution in [3.05, 3.63) is 69.7 Å². The van der Waals surface area contributed by atoms with E-state index in [-0.39, 0.29) is 17.2 Å². The molecule has 20 heavy (non-hydrogen) atoms. The molecule has 0 atom stereocenters. The number of rotatable bonds is 3. The van der Waals surface area contributed by atoms with Gasteiger partial charge < -0.3 is 0 Å². The Kier molecular flexibility index (Phi) is 4.04. The Bertz CT molecular complexity index is 648. The summed E-state index contributed by atoms with van der Waals surface area (Å²) in [6.07, 6.45) is 0. The number of halogens is 3. The molecule has 0 aliphatic rings. The lowest BCUT2D eigenvalue weighted by molar-refractivity contribution is 0.0904. The van der Waals surface area contributed by atoms with Gasteiger partial charge in [-0.3, -0.25) is 4.79 Å². The summed E-state index contributed by atoms with van der Waals surface area (Å²) in [7, 11) is 0. The van der Waals surface area contributed by atoms with E-state index in [4.69, 9.17) is 0 Å². The van der Waals surface area contributed by atoms with Gasteiger partial charge >= 0.3 is 0 Å². The molecule has 0 spiro atoms. The van der Waals surface area contributed by atoms with Crippen LogP contribution in [0, 0.1) is 11.6 Å². The van der Waals surface area contributed by atoms with Gasteiger partial charge in [-0.25, -0.2) is 8.78 Å². The Labute approximate surface area is 124 Å². The average molecular weight is 339 g/mol. The second-order valence-electron chi connectivity index (χ2n) is 5.09. The number of hydrogen-bond donors (Lipinski definition) is 0. The third-order valence-electron chi connectivity index (χ3n) is 3.31. The van der Waals surface area contributed by atoms with Crippen LogP contribution in [0.2, 0.25) is 0 Å². The van der Waals surface area contributed by atoms with E-state index in [9.17, 15) is 13.6 Å². The summed E-state index contributed by atoms with van der Waals surface area (Å²) < 4.78 is 27.4. The number of hydrogen-bond acceptors (Lipinski definition) is 1. The van der Waals surface area contributed by atoms with E-state index in [1.807, 2.05) is 0 Å². The molecule has 0 unspecified atom stereocenters. The highest BCUT2D eigenvalue weighted by atomic mass is 79.9. The molecule has 0 saturated carbocycles. The van der Waals surface area contributed by atoms with Crippen LogP contribution >= 0.6 is 15.9 Å². The van der Waals surface area contributed by atoms with Crippen LogP contribution in [0.1, 0.15) is 29.8 Å². The van der Waals surface area contributed by atoms with Crippen molar-refractivity contribution in [2.45, 2.75) is 19.3 Å². The van der Waals surface area contributed by atoms with Gasteiger partial charge in [0.15, 0.2) is 5.78 Å². The number of benzene rings is 2. The molecule has 0 aromatic heterocycles. The van der Waals surface area contributed by atoms with Crippen molar-refractivity contribution >= 4 is 21.7 Å². The van der Waals surface area contributed by atoms with Crippen LogP contribution in [0.25, 0.3) is 0 Å². The summed E-state index contributed by atoms with van der Waals surface area (Å²) in [5, 5.41) is 0. The smallest absolute Gasteiger partial charge is 0.175 e. The first-order chi connectivity index (χ1) is 9.32. The summed E-state index contributed by atoms with van der Waals surface area (Å²) in [4.78, 5) is 12.6. The lowest BCUT2D eigenvalue weighted by atomic mass is 9.78. The molecule has 0 fully saturated rings. The largest absolute Gasteiger partial charge is 0.293 e. The van der Waals surface area contributed by atoms with Gasteiger partial charge in [-0.1, -0.05) is 28.1 Å². The Balaban J connectivity index is 2.45. The molecular formula is C16H13BrF2O. The molecule has 4 heteroatoms. The van der Waals surface area contributed by atoms with Crippen molar-refractivity contribution in [2.24, 2.45) is 0 Å². The van der Waals surface area contributed by atoms with Gasteiger partial charge in [0.05, 0.1) is 11.0 Å². The number of carbonyl (C=O) groups excluding carboxylic acids is 1. The highest BCUT2D eigenvalue weighted by molar-refractivity contribution is 9.10. The van der Waals surface area contributed by atoms with E-state index in [1.54, 1.807) is 26.0 Å². The molecule has 2 aromatic carbocycles. The maximum absolute atomic E-state index is 13.8. The third kappa shape index (κ3) is 2.80. The van der Waals surface area contributed by atoms with Gasteiger partial charge in [-0.15, -0.1) is 0 Å². The lowest BCUT2D eigenvalue weighted by Gasteiger charge is -2.24. The molecule has 0 heterocycles. The fourth-order valence-corrected chi connectivity index (χ4v) is 2.37. The second kappa shape index (κ2) is 5.44. The fraction of sp³-hybridized carbons (Fsp3) is 0.188. The molecule has 0 saturated heterocycles. The summed E-state index contributed by atoms with van der Waals surface area (Å²) in [6, 6.07) is 9.92. The van der Waals surface area contributed by atoms with E-state index >= 15 is 0 Å². The zero-order valence-corrected chi connectivity index (χ0v) is 12.7. The molecular weight excluding hydrogens is 326 g/mol. The van der Waals surface area contributed by atoms with Crippen LogP contribution < -0.4 is 0 Å². The van der Waals surface area contributed by atoms with Crippen LogP contribution in [0.3, 0.4) is 0 Å². The van der Waals surface area contributed by atoms with Crippen LogP contribution in [0.4, 0.5) is 8.78 Å². The first-order valence-corrected chi connectivity index (χ1v) is 6.87. The predicted octanol–water partition coefficient (Wildman–Crippen LogP) is 4.89. The van der Waals surface area contributed by atoms with Crippen LogP contribution in [-0.2, 0) is 5.41 Å². The van der Waals surface area contributed by atoms with Crippen LogP contribution in [0.5, 0.6) is 0 Å². The van der Waals surface area contributed by atoms with Crippen molar-refractivity contribution in [2.75, 3.05) is 0 Å². The van der Waals surface area contributed by atoms with E-state index in [1.165, 1.54) is 30.3 Å². The van der Waals surface area contributed by atoms with Crippen LogP contribution in [0.15, 0.2) is 46.9 Å². The third-order valence-corrected chi connectivity index (χ3v) is 3.80. The van der Waals surface area contributed by atoms with Gasteiger partial charge in [0.1, 0.15) is 11.6 Å². The van der Waals surface area contributed by atoms with E-state index in [0.29, 0.717) is 10.0 Å². The molecule has 0 N–H and O–H groups in total. The quantitative estimate of drug-likeness (QED) is 0.728. The highest BCUT2D eigenvalue weighted by Crippen LogP contribution is 2.30. The van der Waals surface area contributed by atoms with Crippen molar-refractivity contribution in [1.82, 2.24) is 0 Å². The topological polar surface area (TPSA) is 17.1 Å². The molecule has 2 aromatic rings. The lowest BCUT2D eigenvalue weighted by Crippen LogP contribution is -2.30. The monoisotopic (exact) mass is 338 g/mol. The Morgan fingerprint density at radius 3 is 2.25 bits per heavy atom. The van der Waals surface area contributed by atoms with Crippen molar-refractivity contribution in [3.63, 3.8) is 0 Å². The standard InChI is InChI=1S/C16H13BrF2O/c1-16(2,10-3-6-12(18)7-4-10)15(20)13-9-11(17)5-8-14(13)19/h3-9H,1-2H3. The minimum Gasteiger partial charge on any atom is -0.293 e. The maximum atomic E-state index is 13.8. The Morgan fingerprint density at radius 1 is 1.05 bits per heavy atom. The van der Waals surface area contributed by atoms with Gasteiger partial charge in [-0.05, 0) is 49.7 Å². The normalized spacial score (nSPS) is 11.4. The highest BCUT2D eigenvalue weighted by Gasteiger charge is 2.32. The fourth-order valence-electron chi connectivity index (χ4n) is 2.01. The van der Waals surface area contributed by atoms with Crippen LogP contribution in [-0.4, -0.2) is 5.78 Å². The predicted molar refractivity (Wildman–Crippen MR) is 77.9 cm³/mol.